The Morgan fingerprint density at radius 3 is 3.05 bits per heavy atom. The van der Waals surface area contributed by atoms with Crippen LogP contribution >= 0.6 is 0 Å². The molecular weight excluding hydrogens is 246 g/mol. The molecule has 0 bridgehead atoms. The number of aryl methyl sites for hydroxylation is 1. The van der Waals surface area contributed by atoms with E-state index in [2.05, 4.69) is 41.5 Å². The van der Waals surface area contributed by atoms with Gasteiger partial charge in [0, 0.05) is 18.7 Å². The number of nitrogens with zero attached hydrogens (tertiary/aromatic N) is 2. The zero-order valence-electron chi connectivity index (χ0n) is 12.0. The summed E-state index contributed by atoms with van der Waals surface area (Å²) in [6, 6.07) is 10.7. The van der Waals surface area contributed by atoms with Crippen LogP contribution in [-0.2, 0) is 13.0 Å². The topological polar surface area (TPSA) is 37.8 Å². The van der Waals surface area contributed by atoms with Gasteiger partial charge in [0.2, 0.25) is 0 Å². The van der Waals surface area contributed by atoms with Crippen molar-refractivity contribution in [2.45, 2.75) is 38.6 Å². The van der Waals surface area contributed by atoms with Crippen LogP contribution in [-0.4, -0.2) is 16.5 Å². The summed E-state index contributed by atoms with van der Waals surface area (Å²) in [5, 5.41) is 3.32. The van der Waals surface area contributed by atoms with Crippen LogP contribution in [0, 0.1) is 0 Å². The van der Waals surface area contributed by atoms with E-state index in [1.807, 2.05) is 12.3 Å². The molecule has 20 heavy (non-hydrogen) atoms. The first-order valence-electron chi connectivity index (χ1n) is 7.49. The third-order valence-electron chi connectivity index (χ3n) is 3.97. The molecule has 3 rings (SSSR count). The van der Waals surface area contributed by atoms with Crippen LogP contribution in [0.2, 0.25) is 0 Å². The molecule has 104 valence electrons. The van der Waals surface area contributed by atoms with Crippen LogP contribution in [0.25, 0.3) is 0 Å². The molecule has 1 unspecified atom stereocenters. The van der Waals surface area contributed by atoms with Gasteiger partial charge < -0.3 is 5.32 Å². The Labute approximate surface area is 120 Å². The Kier molecular flexibility index (Phi) is 4.07. The second-order valence-corrected chi connectivity index (χ2v) is 5.33. The zero-order chi connectivity index (χ0) is 13.8. The molecule has 0 aliphatic heterocycles. The maximum absolute atomic E-state index is 4.76. The summed E-state index contributed by atoms with van der Waals surface area (Å²) in [5.74, 6) is 1.34. The van der Waals surface area contributed by atoms with Gasteiger partial charge in [-0.2, -0.15) is 0 Å². The second kappa shape index (κ2) is 6.14. The molecule has 1 N–H and O–H groups in total. The molecule has 1 aromatic heterocycles. The summed E-state index contributed by atoms with van der Waals surface area (Å²) in [6.45, 7) is 3.89. The molecule has 1 aliphatic carbocycles. The quantitative estimate of drug-likeness (QED) is 0.925. The summed E-state index contributed by atoms with van der Waals surface area (Å²) in [5.41, 5.74) is 3.96. The zero-order valence-corrected chi connectivity index (χ0v) is 12.0. The Hall–Kier alpha value is -1.74. The molecule has 0 saturated heterocycles. The highest BCUT2D eigenvalue weighted by Crippen LogP contribution is 2.34. The molecule has 3 nitrogen and oxygen atoms in total. The minimum Gasteiger partial charge on any atom is -0.311 e. The monoisotopic (exact) mass is 267 g/mol. The van der Waals surface area contributed by atoms with Crippen molar-refractivity contribution in [3.63, 3.8) is 0 Å². The summed E-state index contributed by atoms with van der Waals surface area (Å²) >= 11 is 0. The summed E-state index contributed by atoms with van der Waals surface area (Å²) < 4.78 is 0. The van der Waals surface area contributed by atoms with Gasteiger partial charge in [-0.15, -0.1) is 0 Å². The fourth-order valence-corrected chi connectivity index (χ4v) is 2.95. The molecular formula is C17H21N3. The van der Waals surface area contributed by atoms with E-state index >= 15 is 0 Å². The smallest absolute Gasteiger partial charge is 0.136 e. The van der Waals surface area contributed by atoms with Crippen LogP contribution in [0.1, 0.15) is 48.3 Å². The molecule has 0 spiro atoms. The summed E-state index contributed by atoms with van der Waals surface area (Å²) in [4.78, 5) is 9.29. The molecule has 0 amide bonds. The lowest BCUT2D eigenvalue weighted by atomic mass is 9.82. The molecule has 0 fully saturated rings. The second-order valence-electron chi connectivity index (χ2n) is 5.33. The molecule has 1 atom stereocenters. The Bertz CT molecular complexity index is 580. The molecule has 1 aromatic carbocycles. The lowest BCUT2D eigenvalue weighted by Crippen LogP contribution is -2.17. The van der Waals surface area contributed by atoms with E-state index in [-0.39, 0.29) is 0 Å². The van der Waals surface area contributed by atoms with Crippen molar-refractivity contribution in [3.8, 4) is 0 Å². The molecule has 1 heterocycles. The highest BCUT2D eigenvalue weighted by molar-refractivity contribution is 5.36. The van der Waals surface area contributed by atoms with E-state index in [9.17, 15) is 0 Å². The van der Waals surface area contributed by atoms with Crippen LogP contribution < -0.4 is 5.32 Å². The normalized spacial score (nSPS) is 17.8. The third-order valence-corrected chi connectivity index (χ3v) is 3.97. The fourth-order valence-electron chi connectivity index (χ4n) is 2.95. The predicted molar refractivity (Wildman–Crippen MR) is 80.6 cm³/mol. The van der Waals surface area contributed by atoms with Crippen LogP contribution in [0.15, 0.2) is 36.5 Å². The predicted octanol–water partition coefficient (Wildman–Crippen LogP) is 3.05. The van der Waals surface area contributed by atoms with Crippen LogP contribution in [0.4, 0.5) is 0 Å². The van der Waals surface area contributed by atoms with Gasteiger partial charge in [-0.25, -0.2) is 9.97 Å². The number of aromatic nitrogens is 2. The lowest BCUT2D eigenvalue weighted by molar-refractivity contribution is 0.584. The van der Waals surface area contributed by atoms with Crippen molar-refractivity contribution in [2.75, 3.05) is 6.54 Å². The van der Waals surface area contributed by atoms with E-state index in [0.717, 1.165) is 31.0 Å². The van der Waals surface area contributed by atoms with Crippen molar-refractivity contribution in [1.82, 2.24) is 15.3 Å². The first kappa shape index (κ1) is 13.3. The number of rotatable bonds is 4. The Morgan fingerprint density at radius 1 is 1.25 bits per heavy atom. The largest absolute Gasteiger partial charge is 0.311 e. The molecule has 2 aromatic rings. The third kappa shape index (κ3) is 2.73. The van der Waals surface area contributed by atoms with E-state index < -0.39 is 0 Å². The van der Waals surface area contributed by atoms with E-state index in [1.165, 1.54) is 24.0 Å². The average Bonchev–Trinajstić information content (AvgIpc) is 2.52. The minimum atomic E-state index is 0.363. The van der Waals surface area contributed by atoms with Gasteiger partial charge in [0.1, 0.15) is 5.82 Å². The highest BCUT2D eigenvalue weighted by Gasteiger charge is 2.23. The number of nitrogens with one attached hydrogen (secondary N) is 1. The Balaban J connectivity index is 1.90. The van der Waals surface area contributed by atoms with Crippen LogP contribution in [0.5, 0.6) is 0 Å². The van der Waals surface area contributed by atoms with E-state index in [4.69, 9.17) is 4.98 Å². The van der Waals surface area contributed by atoms with Gasteiger partial charge in [-0.1, -0.05) is 31.2 Å². The molecule has 1 aliphatic rings. The van der Waals surface area contributed by atoms with Crippen molar-refractivity contribution in [3.05, 3.63) is 59.2 Å². The van der Waals surface area contributed by atoms with Gasteiger partial charge in [0.05, 0.1) is 5.69 Å². The molecule has 0 saturated carbocycles. The van der Waals surface area contributed by atoms with Crippen LogP contribution in [0.3, 0.4) is 0 Å². The Morgan fingerprint density at radius 2 is 2.15 bits per heavy atom. The maximum atomic E-state index is 4.76. The van der Waals surface area contributed by atoms with Gasteiger partial charge >= 0.3 is 0 Å². The van der Waals surface area contributed by atoms with E-state index in [0.29, 0.717) is 5.92 Å². The fraction of sp³-hybridized carbons (Fsp3) is 0.412. The van der Waals surface area contributed by atoms with Gasteiger partial charge in [0.15, 0.2) is 0 Å². The van der Waals surface area contributed by atoms with Crippen molar-refractivity contribution in [1.29, 1.82) is 0 Å². The molecule has 3 heteroatoms. The number of hydrogen-bond donors (Lipinski definition) is 1. The first-order chi connectivity index (χ1) is 9.88. The standard InChI is InChI=1S/C17H21N3/c1-2-18-12-14-10-11-19-17(20-14)16-9-5-7-13-6-3-4-8-15(13)16/h3-4,6,8,10-11,16,18H,2,5,7,9,12H2,1H3. The van der Waals surface area contributed by atoms with E-state index in [1.54, 1.807) is 0 Å². The minimum absolute atomic E-state index is 0.363. The van der Waals surface area contributed by atoms with Gasteiger partial charge in [0.25, 0.3) is 0 Å². The van der Waals surface area contributed by atoms with Gasteiger partial charge in [-0.3, -0.25) is 0 Å². The summed E-state index contributed by atoms with van der Waals surface area (Å²) in [6.07, 6.45) is 5.46. The van der Waals surface area contributed by atoms with Crippen molar-refractivity contribution in [2.24, 2.45) is 0 Å². The SMILES string of the molecule is CCNCc1ccnc(C2CCCc3ccccc32)n1. The lowest BCUT2D eigenvalue weighted by Gasteiger charge is -2.24. The maximum Gasteiger partial charge on any atom is 0.136 e. The number of benzene rings is 1. The molecule has 0 radical (unpaired) electrons. The van der Waals surface area contributed by atoms with Crippen molar-refractivity contribution < 1.29 is 0 Å². The average molecular weight is 267 g/mol. The van der Waals surface area contributed by atoms with Crippen molar-refractivity contribution >= 4 is 0 Å². The summed E-state index contributed by atoms with van der Waals surface area (Å²) in [7, 11) is 0. The first-order valence-corrected chi connectivity index (χ1v) is 7.49. The number of fused-ring (bicyclic) bond motifs is 1. The number of hydrogen-bond acceptors (Lipinski definition) is 3. The highest BCUT2D eigenvalue weighted by atomic mass is 14.9. The van der Waals surface area contributed by atoms with Gasteiger partial charge in [-0.05, 0) is 43.0 Å².